The van der Waals surface area contributed by atoms with Crippen molar-refractivity contribution in [1.29, 1.82) is 0 Å². The van der Waals surface area contributed by atoms with Crippen LogP contribution in [0, 0.1) is 0 Å². The van der Waals surface area contributed by atoms with Gasteiger partial charge >= 0.3 is 6.18 Å². The topological polar surface area (TPSA) is 55.6 Å². The molecular formula is C15H11ClF3N5. The van der Waals surface area contributed by atoms with E-state index in [4.69, 9.17) is 11.6 Å². The standard InChI is InChI=1S/C15H11ClF3N5/c16-10-1-3-13(4-2-10)24-9-12(22-23-24)8-21-11-5-6-20-14(7-11)15(17,18)19/h1-7,9H,8H2,(H,20,21). The molecule has 0 amide bonds. The van der Waals surface area contributed by atoms with Crippen molar-refractivity contribution in [2.75, 3.05) is 5.32 Å². The van der Waals surface area contributed by atoms with E-state index in [9.17, 15) is 13.2 Å². The molecule has 9 heteroatoms. The molecule has 0 spiro atoms. The van der Waals surface area contributed by atoms with Gasteiger partial charge in [-0.1, -0.05) is 16.8 Å². The molecule has 0 bridgehead atoms. The summed E-state index contributed by atoms with van der Waals surface area (Å²) in [6, 6.07) is 9.43. The van der Waals surface area contributed by atoms with E-state index in [0.717, 1.165) is 18.0 Å². The van der Waals surface area contributed by atoms with Crippen LogP contribution in [-0.4, -0.2) is 20.0 Å². The number of nitrogens with zero attached hydrogens (tertiary/aromatic N) is 4. The van der Waals surface area contributed by atoms with E-state index < -0.39 is 11.9 Å². The van der Waals surface area contributed by atoms with Gasteiger partial charge in [0.25, 0.3) is 0 Å². The van der Waals surface area contributed by atoms with Crippen LogP contribution in [0.5, 0.6) is 0 Å². The molecule has 2 heterocycles. The molecular weight excluding hydrogens is 343 g/mol. The number of hydrogen-bond donors (Lipinski definition) is 1. The highest BCUT2D eigenvalue weighted by Crippen LogP contribution is 2.28. The first-order valence-electron chi connectivity index (χ1n) is 6.86. The number of hydrogen-bond acceptors (Lipinski definition) is 4. The fourth-order valence-electron chi connectivity index (χ4n) is 1.99. The smallest absolute Gasteiger partial charge is 0.379 e. The molecule has 5 nitrogen and oxygen atoms in total. The average Bonchev–Trinajstić information content (AvgIpc) is 3.02. The van der Waals surface area contributed by atoms with Crippen molar-refractivity contribution < 1.29 is 13.2 Å². The molecule has 0 radical (unpaired) electrons. The van der Waals surface area contributed by atoms with Crippen LogP contribution in [0.2, 0.25) is 5.02 Å². The van der Waals surface area contributed by atoms with Gasteiger partial charge in [-0.3, -0.25) is 4.98 Å². The number of benzene rings is 1. The molecule has 0 fully saturated rings. The van der Waals surface area contributed by atoms with E-state index in [2.05, 4.69) is 20.6 Å². The molecule has 24 heavy (non-hydrogen) atoms. The van der Waals surface area contributed by atoms with Gasteiger partial charge in [0.2, 0.25) is 0 Å². The zero-order valence-electron chi connectivity index (χ0n) is 12.1. The van der Waals surface area contributed by atoms with E-state index in [1.165, 1.54) is 6.07 Å². The Hall–Kier alpha value is -2.61. The number of halogens is 4. The zero-order chi connectivity index (χ0) is 17.2. The van der Waals surface area contributed by atoms with Crippen LogP contribution in [0.1, 0.15) is 11.4 Å². The van der Waals surface area contributed by atoms with E-state index in [0.29, 0.717) is 16.4 Å². The highest BCUT2D eigenvalue weighted by molar-refractivity contribution is 6.30. The van der Waals surface area contributed by atoms with Gasteiger partial charge in [0, 0.05) is 16.9 Å². The van der Waals surface area contributed by atoms with Crippen LogP contribution >= 0.6 is 11.6 Å². The van der Waals surface area contributed by atoms with Gasteiger partial charge in [-0.25, -0.2) is 4.68 Å². The Morgan fingerprint density at radius 1 is 1.12 bits per heavy atom. The SMILES string of the molecule is FC(F)(F)c1cc(NCc2cn(-c3ccc(Cl)cc3)nn2)ccn1. The second kappa shape index (κ2) is 6.48. The summed E-state index contributed by atoms with van der Waals surface area (Å²) >= 11 is 5.83. The first-order valence-corrected chi connectivity index (χ1v) is 7.24. The van der Waals surface area contributed by atoms with Crippen LogP contribution in [-0.2, 0) is 12.7 Å². The predicted octanol–water partition coefficient (Wildman–Crippen LogP) is 3.95. The van der Waals surface area contributed by atoms with Gasteiger partial charge in [0.15, 0.2) is 0 Å². The summed E-state index contributed by atoms with van der Waals surface area (Å²) in [5, 5.41) is 11.4. The highest BCUT2D eigenvalue weighted by atomic mass is 35.5. The molecule has 0 atom stereocenters. The number of pyridine rings is 1. The maximum atomic E-state index is 12.6. The van der Waals surface area contributed by atoms with E-state index >= 15 is 0 Å². The number of anilines is 1. The van der Waals surface area contributed by atoms with Crippen molar-refractivity contribution in [3.05, 3.63) is 65.2 Å². The molecule has 0 aliphatic rings. The number of aromatic nitrogens is 4. The first-order chi connectivity index (χ1) is 11.4. The van der Waals surface area contributed by atoms with Gasteiger partial charge in [-0.15, -0.1) is 5.10 Å². The molecule has 1 N–H and O–H groups in total. The van der Waals surface area contributed by atoms with Crippen LogP contribution in [0.15, 0.2) is 48.8 Å². The van der Waals surface area contributed by atoms with Gasteiger partial charge in [-0.05, 0) is 36.4 Å². The minimum Gasteiger partial charge on any atom is -0.379 e. The third-order valence-electron chi connectivity index (χ3n) is 3.16. The van der Waals surface area contributed by atoms with Gasteiger partial charge in [-0.2, -0.15) is 13.2 Å². The lowest BCUT2D eigenvalue weighted by molar-refractivity contribution is -0.141. The predicted molar refractivity (Wildman–Crippen MR) is 82.9 cm³/mol. The van der Waals surface area contributed by atoms with Crippen LogP contribution in [0.3, 0.4) is 0 Å². The summed E-state index contributed by atoms with van der Waals surface area (Å²) in [7, 11) is 0. The lowest BCUT2D eigenvalue weighted by Crippen LogP contribution is -2.09. The number of alkyl halides is 3. The third-order valence-corrected chi connectivity index (χ3v) is 3.41. The second-order valence-corrected chi connectivity index (χ2v) is 5.35. The third kappa shape index (κ3) is 3.83. The zero-order valence-corrected chi connectivity index (χ0v) is 12.9. The minimum absolute atomic E-state index is 0.231. The molecule has 0 saturated heterocycles. The molecule has 0 aliphatic carbocycles. The van der Waals surface area contributed by atoms with Crippen molar-refractivity contribution >= 4 is 17.3 Å². The summed E-state index contributed by atoms with van der Waals surface area (Å²) in [6.45, 7) is 0.231. The Balaban J connectivity index is 1.69. The van der Waals surface area contributed by atoms with Crippen molar-refractivity contribution in [2.24, 2.45) is 0 Å². The molecule has 1 aromatic carbocycles. The fraction of sp³-hybridized carbons (Fsp3) is 0.133. The van der Waals surface area contributed by atoms with E-state index in [1.54, 1.807) is 35.1 Å². The number of nitrogens with one attached hydrogen (secondary N) is 1. The Labute approximate surface area is 140 Å². The fourth-order valence-corrected chi connectivity index (χ4v) is 2.11. The maximum absolute atomic E-state index is 12.6. The average molecular weight is 354 g/mol. The van der Waals surface area contributed by atoms with Gasteiger partial charge in [0.05, 0.1) is 18.4 Å². The van der Waals surface area contributed by atoms with Crippen LogP contribution < -0.4 is 5.32 Å². The lowest BCUT2D eigenvalue weighted by Gasteiger charge is -2.08. The van der Waals surface area contributed by atoms with E-state index in [-0.39, 0.29) is 6.54 Å². The quantitative estimate of drug-likeness (QED) is 0.771. The normalized spacial score (nSPS) is 11.5. The minimum atomic E-state index is -4.48. The summed E-state index contributed by atoms with van der Waals surface area (Å²) in [5.74, 6) is 0. The first kappa shape index (κ1) is 16.3. The molecule has 0 aliphatic heterocycles. The number of rotatable bonds is 4. The molecule has 0 saturated carbocycles. The largest absolute Gasteiger partial charge is 0.433 e. The van der Waals surface area contributed by atoms with Crippen molar-refractivity contribution in [3.8, 4) is 5.69 Å². The Morgan fingerprint density at radius 3 is 2.58 bits per heavy atom. The van der Waals surface area contributed by atoms with E-state index in [1.807, 2.05) is 0 Å². The Kier molecular flexibility index (Phi) is 4.39. The molecule has 2 aromatic heterocycles. The summed E-state index contributed by atoms with van der Waals surface area (Å²) in [5.41, 5.74) is 0.715. The van der Waals surface area contributed by atoms with Gasteiger partial charge in [0.1, 0.15) is 11.4 Å². The molecule has 3 aromatic rings. The van der Waals surface area contributed by atoms with Crippen LogP contribution in [0.4, 0.5) is 18.9 Å². The summed E-state index contributed by atoms with van der Waals surface area (Å²) in [6.07, 6.45) is -1.69. The molecule has 124 valence electrons. The lowest BCUT2D eigenvalue weighted by atomic mass is 10.3. The monoisotopic (exact) mass is 353 g/mol. The maximum Gasteiger partial charge on any atom is 0.433 e. The molecule has 0 unspecified atom stereocenters. The van der Waals surface area contributed by atoms with Crippen LogP contribution in [0.25, 0.3) is 5.69 Å². The Bertz CT molecular complexity index is 830. The summed E-state index contributed by atoms with van der Waals surface area (Å²) in [4.78, 5) is 3.31. The van der Waals surface area contributed by atoms with Gasteiger partial charge < -0.3 is 5.32 Å². The molecule has 3 rings (SSSR count). The second-order valence-electron chi connectivity index (χ2n) is 4.91. The highest BCUT2D eigenvalue weighted by Gasteiger charge is 2.32. The summed E-state index contributed by atoms with van der Waals surface area (Å²) < 4.78 is 39.4. The van der Waals surface area contributed by atoms with Crippen molar-refractivity contribution in [1.82, 2.24) is 20.0 Å². The Morgan fingerprint density at radius 2 is 1.88 bits per heavy atom. The van der Waals surface area contributed by atoms with Crippen molar-refractivity contribution in [2.45, 2.75) is 12.7 Å². The van der Waals surface area contributed by atoms with Crippen molar-refractivity contribution in [3.63, 3.8) is 0 Å².